The lowest BCUT2D eigenvalue weighted by Gasteiger charge is -2.30. The number of hydrogen-bond donors (Lipinski definition) is 5. The summed E-state index contributed by atoms with van der Waals surface area (Å²) in [5, 5.41) is 16.4. The third kappa shape index (κ3) is 9.37. The van der Waals surface area contributed by atoms with Crippen molar-refractivity contribution in [1.82, 2.24) is 15.5 Å². The number of carbonyl (C=O) groups excluding carboxylic acids is 5. The average molecular weight is 526 g/mol. The van der Waals surface area contributed by atoms with Crippen molar-refractivity contribution in [1.29, 1.82) is 0 Å². The SMILES string of the molecule is CC(C)C(NC(=O)c1ccccc1)C(=O)N(CC(=O)NC(C=O)CC(=O)O)Cc1cccc(NC(N)=O)c1. The van der Waals surface area contributed by atoms with Crippen molar-refractivity contribution in [3.63, 3.8) is 0 Å². The molecule has 0 aliphatic rings. The zero-order valence-corrected chi connectivity index (χ0v) is 21.0. The Labute approximate surface area is 219 Å². The third-order valence-corrected chi connectivity index (χ3v) is 5.37. The number of hydrogen-bond acceptors (Lipinski definition) is 6. The molecule has 0 radical (unpaired) electrons. The first kappa shape index (κ1) is 29.5. The zero-order valence-electron chi connectivity index (χ0n) is 21.0. The topological polar surface area (TPSA) is 188 Å². The summed E-state index contributed by atoms with van der Waals surface area (Å²) < 4.78 is 0. The van der Waals surface area contributed by atoms with Gasteiger partial charge in [0.05, 0.1) is 19.0 Å². The molecule has 0 saturated heterocycles. The van der Waals surface area contributed by atoms with Crippen molar-refractivity contribution >= 4 is 41.7 Å². The quantitative estimate of drug-likeness (QED) is 0.242. The Morgan fingerprint density at radius 3 is 2.26 bits per heavy atom. The van der Waals surface area contributed by atoms with Gasteiger partial charge in [-0.2, -0.15) is 0 Å². The molecule has 0 saturated carbocycles. The molecule has 0 aliphatic heterocycles. The zero-order chi connectivity index (χ0) is 28.2. The highest BCUT2D eigenvalue weighted by molar-refractivity contribution is 5.98. The van der Waals surface area contributed by atoms with Gasteiger partial charge >= 0.3 is 12.0 Å². The first-order valence-corrected chi connectivity index (χ1v) is 11.8. The van der Waals surface area contributed by atoms with Gasteiger partial charge in [-0.15, -0.1) is 0 Å². The van der Waals surface area contributed by atoms with Gasteiger partial charge in [-0.05, 0) is 35.7 Å². The van der Waals surface area contributed by atoms with E-state index in [4.69, 9.17) is 10.8 Å². The number of aldehydes is 1. The van der Waals surface area contributed by atoms with Crippen LogP contribution in [0.15, 0.2) is 54.6 Å². The number of rotatable bonds is 13. The number of carboxylic acid groups (broad SMARTS) is 1. The molecule has 0 aromatic heterocycles. The summed E-state index contributed by atoms with van der Waals surface area (Å²) in [6.07, 6.45) is -0.320. The Hall–Kier alpha value is -4.74. The van der Waals surface area contributed by atoms with Crippen molar-refractivity contribution in [3.8, 4) is 0 Å². The number of carbonyl (C=O) groups is 6. The van der Waals surface area contributed by atoms with E-state index in [1.165, 1.54) is 4.90 Å². The molecule has 2 rings (SSSR count). The van der Waals surface area contributed by atoms with Gasteiger partial charge in [0.15, 0.2) is 0 Å². The number of anilines is 1. The molecule has 2 aromatic carbocycles. The Kier molecular flexibility index (Phi) is 11.0. The van der Waals surface area contributed by atoms with E-state index in [2.05, 4.69) is 16.0 Å². The predicted octanol–water partition coefficient (Wildman–Crippen LogP) is 1.12. The van der Waals surface area contributed by atoms with Gasteiger partial charge in [-0.25, -0.2) is 4.79 Å². The second-order valence-corrected chi connectivity index (χ2v) is 8.85. The number of primary amides is 1. The fourth-order valence-corrected chi connectivity index (χ4v) is 3.59. The van der Waals surface area contributed by atoms with Gasteiger partial charge in [-0.1, -0.05) is 44.2 Å². The Balaban J connectivity index is 2.32. The standard InChI is InChI=1S/C26H31N5O7/c1-16(2)23(30-24(36)18-8-4-3-5-9-18)25(37)31(14-21(33)28-20(15-32)12-22(34)35)13-17-7-6-10-19(11-17)29-26(27)38/h3-11,15-16,20,23H,12-14H2,1-2H3,(H,28,33)(H,30,36)(H,34,35)(H3,27,29,38). The van der Waals surface area contributed by atoms with E-state index in [-0.39, 0.29) is 12.5 Å². The fourth-order valence-electron chi connectivity index (χ4n) is 3.59. The van der Waals surface area contributed by atoms with Crippen LogP contribution in [0.2, 0.25) is 0 Å². The minimum absolute atomic E-state index is 0.102. The number of carboxylic acids is 1. The third-order valence-electron chi connectivity index (χ3n) is 5.37. The van der Waals surface area contributed by atoms with Crippen LogP contribution < -0.4 is 21.7 Å². The van der Waals surface area contributed by atoms with E-state index in [0.717, 1.165) is 0 Å². The monoisotopic (exact) mass is 525 g/mol. The minimum atomic E-state index is -1.28. The molecule has 6 N–H and O–H groups in total. The van der Waals surface area contributed by atoms with Crippen LogP contribution in [-0.2, 0) is 25.7 Å². The van der Waals surface area contributed by atoms with Crippen LogP contribution in [0.3, 0.4) is 0 Å². The number of benzene rings is 2. The van der Waals surface area contributed by atoms with Crippen LogP contribution in [0.5, 0.6) is 0 Å². The number of urea groups is 1. The van der Waals surface area contributed by atoms with E-state index >= 15 is 0 Å². The lowest BCUT2D eigenvalue weighted by atomic mass is 10.0. The summed E-state index contributed by atoms with van der Waals surface area (Å²) in [7, 11) is 0. The first-order chi connectivity index (χ1) is 18.0. The first-order valence-electron chi connectivity index (χ1n) is 11.8. The average Bonchev–Trinajstić information content (AvgIpc) is 2.85. The molecule has 12 nitrogen and oxygen atoms in total. The van der Waals surface area contributed by atoms with E-state index in [0.29, 0.717) is 23.1 Å². The van der Waals surface area contributed by atoms with Crippen LogP contribution in [0.25, 0.3) is 0 Å². The highest BCUT2D eigenvalue weighted by Gasteiger charge is 2.31. The summed E-state index contributed by atoms with van der Waals surface area (Å²) in [6, 6.07) is 11.7. The van der Waals surface area contributed by atoms with Gasteiger partial charge in [0.1, 0.15) is 12.3 Å². The predicted molar refractivity (Wildman–Crippen MR) is 138 cm³/mol. The van der Waals surface area contributed by atoms with E-state index in [1.54, 1.807) is 68.4 Å². The Morgan fingerprint density at radius 1 is 1.00 bits per heavy atom. The number of nitrogens with zero attached hydrogens (tertiary/aromatic N) is 1. The molecule has 5 amide bonds. The van der Waals surface area contributed by atoms with Crippen LogP contribution >= 0.6 is 0 Å². The van der Waals surface area contributed by atoms with Gasteiger partial charge in [0.2, 0.25) is 11.8 Å². The van der Waals surface area contributed by atoms with Crippen LogP contribution in [-0.4, -0.2) is 64.6 Å². The van der Waals surface area contributed by atoms with E-state index in [1.807, 2.05) is 0 Å². The van der Waals surface area contributed by atoms with E-state index < -0.39 is 54.8 Å². The van der Waals surface area contributed by atoms with Crippen molar-refractivity contribution in [2.24, 2.45) is 11.7 Å². The maximum atomic E-state index is 13.7. The van der Waals surface area contributed by atoms with Gasteiger partial charge in [0, 0.05) is 17.8 Å². The van der Waals surface area contributed by atoms with Crippen molar-refractivity contribution < 1.29 is 33.9 Å². The molecule has 0 spiro atoms. The Morgan fingerprint density at radius 2 is 1.68 bits per heavy atom. The maximum absolute atomic E-state index is 13.7. The van der Waals surface area contributed by atoms with Crippen molar-refractivity contribution in [2.75, 3.05) is 11.9 Å². The molecule has 0 fully saturated rings. The van der Waals surface area contributed by atoms with Crippen molar-refractivity contribution in [2.45, 2.75) is 38.9 Å². The molecular weight excluding hydrogens is 494 g/mol. The number of nitrogens with two attached hydrogens (primary N) is 1. The van der Waals surface area contributed by atoms with Gasteiger partial charge in [-0.3, -0.25) is 19.2 Å². The van der Waals surface area contributed by atoms with Crippen molar-refractivity contribution in [3.05, 3.63) is 65.7 Å². The summed E-state index contributed by atoms with van der Waals surface area (Å²) >= 11 is 0. The highest BCUT2D eigenvalue weighted by Crippen LogP contribution is 2.16. The highest BCUT2D eigenvalue weighted by atomic mass is 16.4. The lowest BCUT2D eigenvalue weighted by molar-refractivity contribution is -0.141. The molecule has 0 bridgehead atoms. The summed E-state index contributed by atoms with van der Waals surface area (Å²) in [5.74, 6) is -3.46. The molecule has 0 aliphatic carbocycles. The summed E-state index contributed by atoms with van der Waals surface area (Å²) in [4.78, 5) is 73.8. The molecule has 2 atom stereocenters. The summed E-state index contributed by atoms with van der Waals surface area (Å²) in [6.45, 7) is 2.84. The Bertz CT molecular complexity index is 1170. The van der Waals surface area contributed by atoms with Crippen LogP contribution in [0, 0.1) is 5.92 Å². The normalized spacial score (nSPS) is 12.1. The number of nitrogens with one attached hydrogen (secondary N) is 3. The molecule has 2 unspecified atom stereocenters. The van der Waals surface area contributed by atoms with Gasteiger partial charge < -0.3 is 36.5 Å². The number of aliphatic carboxylic acids is 1. The summed E-state index contributed by atoms with van der Waals surface area (Å²) in [5.41, 5.74) is 6.42. The smallest absolute Gasteiger partial charge is 0.316 e. The molecule has 38 heavy (non-hydrogen) atoms. The van der Waals surface area contributed by atoms with Crippen LogP contribution in [0.4, 0.5) is 10.5 Å². The maximum Gasteiger partial charge on any atom is 0.316 e. The fraction of sp³-hybridized carbons (Fsp3) is 0.308. The molecule has 0 heterocycles. The molecule has 12 heteroatoms. The molecule has 202 valence electrons. The second kappa shape index (κ2) is 14.1. The lowest BCUT2D eigenvalue weighted by Crippen LogP contribution is -2.53. The second-order valence-electron chi connectivity index (χ2n) is 8.85. The van der Waals surface area contributed by atoms with E-state index in [9.17, 15) is 28.8 Å². The van der Waals surface area contributed by atoms with Gasteiger partial charge in [0.25, 0.3) is 5.91 Å². The molecular formula is C26H31N5O7. The number of amides is 5. The largest absolute Gasteiger partial charge is 0.481 e. The minimum Gasteiger partial charge on any atom is -0.481 e. The molecule has 2 aromatic rings. The van der Waals surface area contributed by atoms with Crippen LogP contribution in [0.1, 0.15) is 36.2 Å².